The summed E-state index contributed by atoms with van der Waals surface area (Å²) in [4.78, 5) is 4.37. The van der Waals surface area contributed by atoms with Gasteiger partial charge in [0.2, 0.25) is 0 Å². The topological polar surface area (TPSA) is 50.9 Å². The molecule has 0 spiro atoms. The van der Waals surface area contributed by atoms with Crippen LogP contribution in [-0.2, 0) is 0 Å². The fraction of sp³-hybridized carbons (Fsp3) is 0.583. The first-order valence-electron chi connectivity index (χ1n) is 5.49. The lowest BCUT2D eigenvalue weighted by molar-refractivity contribution is 0.382. The Morgan fingerprint density at radius 1 is 1.33 bits per heavy atom. The van der Waals surface area contributed by atoms with Crippen molar-refractivity contribution < 1.29 is 0 Å². The zero-order valence-corrected chi connectivity index (χ0v) is 10.0. The fourth-order valence-corrected chi connectivity index (χ4v) is 1.87. The van der Waals surface area contributed by atoms with Crippen molar-refractivity contribution in [2.75, 3.05) is 0 Å². The lowest BCUT2D eigenvalue weighted by atomic mass is 9.93. The van der Waals surface area contributed by atoms with Gasteiger partial charge in [-0.25, -0.2) is 0 Å². The summed E-state index contributed by atoms with van der Waals surface area (Å²) in [6, 6.07) is 4.42. The first-order chi connectivity index (χ1) is 7.08. The molecular formula is C12H21N3. The van der Waals surface area contributed by atoms with E-state index in [0.717, 1.165) is 17.8 Å². The Morgan fingerprint density at radius 3 is 2.27 bits per heavy atom. The average molecular weight is 207 g/mol. The summed E-state index contributed by atoms with van der Waals surface area (Å²) < 4.78 is 0. The highest BCUT2D eigenvalue weighted by atomic mass is 15.2. The van der Waals surface area contributed by atoms with Crippen LogP contribution in [0.25, 0.3) is 0 Å². The van der Waals surface area contributed by atoms with Crippen molar-refractivity contribution in [3.8, 4) is 0 Å². The van der Waals surface area contributed by atoms with Crippen LogP contribution in [0, 0.1) is 19.8 Å². The zero-order chi connectivity index (χ0) is 11.4. The van der Waals surface area contributed by atoms with Gasteiger partial charge in [-0.3, -0.25) is 16.3 Å². The third-order valence-corrected chi connectivity index (χ3v) is 2.86. The van der Waals surface area contributed by atoms with E-state index in [2.05, 4.69) is 36.4 Å². The van der Waals surface area contributed by atoms with Crippen molar-refractivity contribution in [1.29, 1.82) is 0 Å². The SMILES string of the molecule is CCC(C)C(NN)c1cc(C)nc(C)c1. The molecule has 2 atom stereocenters. The predicted octanol–water partition coefficient (Wildman–Crippen LogP) is 2.25. The van der Waals surface area contributed by atoms with Crippen LogP contribution in [0.15, 0.2) is 12.1 Å². The van der Waals surface area contributed by atoms with E-state index >= 15 is 0 Å². The van der Waals surface area contributed by atoms with Gasteiger partial charge in [0.25, 0.3) is 0 Å². The van der Waals surface area contributed by atoms with Gasteiger partial charge in [0.15, 0.2) is 0 Å². The lowest BCUT2D eigenvalue weighted by Crippen LogP contribution is -2.32. The van der Waals surface area contributed by atoms with Crippen molar-refractivity contribution >= 4 is 0 Å². The van der Waals surface area contributed by atoms with Gasteiger partial charge >= 0.3 is 0 Å². The van der Waals surface area contributed by atoms with Crippen molar-refractivity contribution in [2.45, 2.75) is 40.2 Å². The van der Waals surface area contributed by atoms with E-state index in [1.807, 2.05) is 13.8 Å². The van der Waals surface area contributed by atoms with Crippen LogP contribution in [0.2, 0.25) is 0 Å². The summed E-state index contributed by atoms with van der Waals surface area (Å²) in [6.45, 7) is 8.41. The minimum Gasteiger partial charge on any atom is -0.271 e. The van der Waals surface area contributed by atoms with Crippen LogP contribution in [-0.4, -0.2) is 4.98 Å². The smallest absolute Gasteiger partial charge is 0.0486 e. The minimum atomic E-state index is 0.218. The average Bonchev–Trinajstić information content (AvgIpc) is 2.17. The minimum absolute atomic E-state index is 0.218. The van der Waals surface area contributed by atoms with Crippen LogP contribution in [0.3, 0.4) is 0 Å². The van der Waals surface area contributed by atoms with E-state index in [0.29, 0.717) is 5.92 Å². The van der Waals surface area contributed by atoms with E-state index in [1.165, 1.54) is 5.56 Å². The van der Waals surface area contributed by atoms with Gasteiger partial charge < -0.3 is 0 Å². The number of rotatable bonds is 4. The Kier molecular flexibility index (Phi) is 4.24. The highest BCUT2D eigenvalue weighted by Gasteiger charge is 2.16. The maximum absolute atomic E-state index is 5.61. The summed E-state index contributed by atoms with van der Waals surface area (Å²) in [5.41, 5.74) is 6.23. The lowest BCUT2D eigenvalue weighted by Gasteiger charge is -2.23. The van der Waals surface area contributed by atoms with E-state index in [4.69, 9.17) is 5.84 Å². The van der Waals surface area contributed by atoms with Crippen LogP contribution in [0.1, 0.15) is 43.3 Å². The zero-order valence-electron chi connectivity index (χ0n) is 10.0. The summed E-state index contributed by atoms with van der Waals surface area (Å²) in [6.07, 6.45) is 1.11. The van der Waals surface area contributed by atoms with Gasteiger partial charge in [0.1, 0.15) is 0 Å². The first-order valence-corrected chi connectivity index (χ1v) is 5.49. The molecule has 3 N–H and O–H groups in total. The van der Waals surface area contributed by atoms with E-state index in [1.54, 1.807) is 0 Å². The number of pyridine rings is 1. The van der Waals surface area contributed by atoms with Gasteiger partial charge in [0, 0.05) is 17.4 Å². The summed E-state index contributed by atoms with van der Waals surface area (Å²) in [5, 5.41) is 0. The quantitative estimate of drug-likeness (QED) is 0.588. The Morgan fingerprint density at radius 2 is 1.87 bits per heavy atom. The number of aromatic nitrogens is 1. The molecule has 1 rings (SSSR count). The standard InChI is InChI=1S/C12H21N3/c1-5-8(2)12(15-13)11-6-9(3)14-10(4)7-11/h6-8,12,15H,5,13H2,1-4H3. The van der Waals surface area contributed by atoms with Gasteiger partial charge in [-0.15, -0.1) is 0 Å². The fourth-order valence-electron chi connectivity index (χ4n) is 1.87. The number of hydrogen-bond donors (Lipinski definition) is 2. The molecule has 3 heteroatoms. The highest BCUT2D eigenvalue weighted by Crippen LogP contribution is 2.24. The third-order valence-electron chi connectivity index (χ3n) is 2.86. The normalized spacial score (nSPS) is 15.0. The molecule has 1 aromatic heterocycles. The summed E-state index contributed by atoms with van der Waals surface area (Å²) in [5.74, 6) is 6.14. The second-order valence-corrected chi connectivity index (χ2v) is 4.21. The Bertz CT molecular complexity index is 302. The van der Waals surface area contributed by atoms with Crippen molar-refractivity contribution in [3.63, 3.8) is 0 Å². The van der Waals surface area contributed by atoms with E-state index < -0.39 is 0 Å². The molecule has 1 heterocycles. The van der Waals surface area contributed by atoms with Gasteiger partial charge in [-0.05, 0) is 37.5 Å². The molecule has 1 aromatic rings. The molecule has 84 valence electrons. The third kappa shape index (κ3) is 3.01. The number of nitrogens with one attached hydrogen (secondary N) is 1. The van der Waals surface area contributed by atoms with Crippen LogP contribution < -0.4 is 11.3 Å². The van der Waals surface area contributed by atoms with Crippen molar-refractivity contribution in [3.05, 3.63) is 29.1 Å². The van der Waals surface area contributed by atoms with Gasteiger partial charge in [-0.2, -0.15) is 0 Å². The van der Waals surface area contributed by atoms with Crippen LogP contribution >= 0.6 is 0 Å². The highest BCUT2D eigenvalue weighted by molar-refractivity contribution is 5.24. The first kappa shape index (κ1) is 12.1. The molecule has 0 aromatic carbocycles. The van der Waals surface area contributed by atoms with Crippen LogP contribution in [0.5, 0.6) is 0 Å². The number of hydrogen-bond acceptors (Lipinski definition) is 3. The van der Waals surface area contributed by atoms with Gasteiger partial charge in [-0.1, -0.05) is 20.3 Å². The van der Waals surface area contributed by atoms with Crippen molar-refractivity contribution in [1.82, 2.24) is 10.4 Å². The molecule has 0 bridgehead atoms. The molecule has 0 radical (unpaired) electrons. The van der Waals surface area contributed by atoms with E-state index in [-0.39, 0.29) is 6.04 Å². The largest absolute Gasteiger partial charge is 0.271 e. The molecular weight excluding hydrogens is 186 g/mol. The molecule has 0 saturated heterocycles. The number of aryl methyl sites for hydroxylation is 2. The monoisotopic (exact) mass is 207 g/mol. The molecule has 0 fully saturated rings. The second-order valence-electron chi connectivity index (χ2n) is 4.21. The number of nitrogens with two attached hydrogens (primary N) is 1. The Balaban J connectivity index is 3.01. The van der Waals surface area contributed by atoms with Crippen molar-refractivity contribution in [2.24, 2.45) is 11.8 Å². The number of hydrazine groups is 1. The summed E-state index contributed by atoms with van der Waals surface area (Å²) >= 11 is 0. The second kappa shape index (κ2) is 5.24. The summed E-state index contributed by atoms with van der Waals surface area (Å²) in [7, 11) is 0. The molecule has 0 saturated carbocycles. The molecule has 0 amide bonds. The Labute approximate surface area is 92.1 Å². The maximum Gasteiger partial charge on any atom is 0.0486 e. The van der Waals surface area contributed by atoms with Crippen LogP contribution in [0.4, 0.5) is 0 Å². The van der Waals surface area contributed by atoms with Gasteiger partial charge in [0.05, 0.1) is 0 Å². The molecule has 15 heavy (non-hydrogen) atoms. The number of nitrogens with zero attached hydrogens (tertiary/aromatic N) is 1. The van der Waals surface area contributed by atoms with E-state index in [9.17, 15) is 0 Å². The predicted molar refractivity (Wildman–Crippen MR) is 63.2 cm³/mol. The molecule has 0 aliphatic carbocycles. The maximum atomic E-state index is 5.61. The molecule has 2 unspecified atom stereocenters. The Hall–Kier alpha value is -0.930. The molecule has 0 aliphatic heterocycles. The molecule has 0 aliphatic rings. The molecule has 3 nitrogen and oxygen atoms in total.